The fraction of sp³-hybridized carbons (Fsp3) is 0.0526. The number of halogens is 6. The van der Waals surface area contributed by atoms with Gasteiger partial charge in [-0.05, 0) is 132 Å². The molecular formula is C114H71Cl6GeN5O11S3Si. The van der Waals surface area contributed by atoms with E-state index >= 15 is 0 Å². The van der Waals surface area contributed by atoms with Gasteiger partial charge in [-0.25, -0.2) is 0 Å². The Morgan fingerprint density at radius 1 is 0.362 bits per heavy atom. The minimum atomic E-state index is -2.81. The second-order valence-electron chi connectivity index (χ2n) is 36.2. The molecule has 26 rings (SSSR count). The Balaban J connectivity index is 0.000000105. The number of fused-ring (bicyclic) bond motifs is 17. The number of para-hydroxylation sites is 7. The molecule has 141 heavy (non-hydrogen) atoms. The van der Waals surface area contributed by atoms with Crippen molar-refractivity contribution < 1.29 is 51.2 Å². The standard InChI is InChI=1S/C30H23Cl2NO3SSi.C30H17NO3.C28H17Cl4GeNO3.C26H14N2O2S2/c1-16-5-12-23-24(13-16)37-25-15-18(14-20-28(34)26-21(31)10-11-22(32)27(26)29(20)35)36-30(25)33(23)17-6-8-19(9-7-17)38(2,3)4;32-28-23-14-18-8-4-5-9-19(18)15-24(23)29(33)26(28)17-21-16-25-22-12-6-7-13-27(22)31(30(25)34-21)20-10-2-1-3-11-20;1-33(2)17-10-6-7-11-19(17)34(14-8-4-3-5-9-14)28-18(33)13-15(37-28)12-16-26(35)20-21(27(16)36)23(30)25(32)24(31)22(20)29;29-24-22(32-26(31)27(24)15-7-2-1-3-8-15)14-16-13-20-19-11-6-10-18-17-9-4-5-12-21(17)28(23(18)19)25(20)30-16/h5-15H,1-4H3;1-17H;3-13H,1-2H3;1-14H/b;;;22-14-. The summed E-state index contributed by atoms with van der Waals surface area (Å²) in [4.78, 5) is 101. The molecule has 6 aliphatic rings. The second kappa shape index (κ2) is 35.1. The molecule has 0 atom stereocenters. The Bertz CT molecular complexity index is 8910. The molecule has 1 fully saturated rings. The number of aryl methyl sites for hydroxylation is 1. The first-order chi connectivity index (χ1) is 68.0. The topological polar surface area (TPSA) is 191 Å². The molecule has 16 nitrogen and oxygen atoms in total. The number of rotatable bonds is 9. The first-order valence-corrected chi connectivity index (χ1v) is 59.0. The van der Waals surface area contributed by atoms with Crippen molar-refractivity contribution >= 4 is 321 Å². The van der Waals surface area contributed by atoms with Crippen LogP contribution in [0.25, 0.3) is 101 Å². The van der Waals surface area contributed by atoms with Crippen LogP contribution in [0.5, 0.6) is 0 Å². The summed E-state index contributed by atoms with van der Waals surface area (Å²) in [5.41, 5.74) is 12.9. The van der Waals surface area contributed by atoms with Gasteiger partial charge in [-0.15, -0.1) is 0 Å². The number of nitrogens with zero attached hydrogens (tertiary/aromatic N) is 5. The van der Waals surface area contributed by atoms with Gasteiger partial charge in [-0.2, -0.15) is 0 Å². The van der Waals surface area contributed by atoms with Crippen molar-refractivity contribution in [2.24, 2.45) is 0 Å². The molecular weight excluding hydrogens is 2020 g/mol. The summed E-state index contributed by atoms with van der Waals surface area (Å²) in [6.07, 6.45) is 6.34. The van der Waals surface area contributed by atoms with E-state index in [4.69, 9.17) is 99.5 Å². The molecule has 20 aromatic rings. The van der Waals surface area contributed by atoms with E-state index in [0.29, 0.717) is 60.9 Å². The van der Waals surface area contributed by atoms with E-state index < -0.39 is 44.5 Å². The molecule has 1 saturated heterocycles. The Kier molecular flexibility index (Phi) is 22.7. The molecule has 13 aromatic carbocycles. The summed E-state index contributed by atoms with van der Waals surface area (Å²) in [6.45, 7) is 9.05. The number of benzene rings is 13. The van der Waals surface area contributed by atoms with Crippen molar-refractivity contribution in [1.29, 1.82) is 0 Å². The van der Waals surface area contributed by atoms with Gasteiger partial charge in [-0.1, -0.05) is 217 Å². The van der Waals surface area contributed by atoms with Crippen LogP contribution >= 0.6 is 105 Å². The van der Waals surface area contributed by atoms with Crippen LogP contribution in [-0.2, 0) is 4.79 Å². The maximum atomic E-state index is 13.3. The Hall–Kier alpha value is -13.8. The van der Waals surface area contributed by atoms with Crippen molar-refractivity contribution in [3.63, 3.8) is 0 Å². The van der Waals surface area contributed by atoms with Crippen LogP contribution in [0.1, 0.15) is 90.8 Å². The molecule has 27 heteroatoms. The van der Waals surface area contributed by atoms with Crippen molar-refractivity contribution in [3.8, 4) is 5.69 Å². The molecule has 3 aliphatic heterocycles. The first-order valence-electron chi connectivity index (χ1n) is 44.8. The third-order valence-corrected chi connectivity index (χ3v) is 40.4. The van der Waals surface area contributed by atoms with E-state index in [9.17, 15) is 33.6 Å². The number of amides is 1. The zero-order chi connectivity index (χ0) is 97.4. The van der Waals surface area contributed by atoms with Crippen LogP contribution in [0.2, 0.25) is 61.3 Å². The quantitative estimate of drug-likeness (QED) is 0.0331. The van der Waals surface area contributed by atoms with E-state index in [-0.39, 0.29) is 86.6 Å². The number of thiocarbonyl (C=S) groups is 1. The van der Waals surface area contributed by atoms with E-state index in [1.807, 2.05) is 164 Å². The summed E-state index contributed by atoms with van der Waals surface area (Å²) < 4.78 is 32.5. The van der Waals surface area contributed by atoms with Gasteiger partial charge in [0.2, 0.25) is 17.3 Å². The average molecular weight is 2100 g/mol. The van der Waals surface area contributed by atoms with Gasteiger partial charge < -0.3 is 13.3 Å². The normalized spacial score (nSPS) is 14.9. The number of anilines is 7. The molecule has 7 aromatic heterocycles. The van der Waals surface area contributed by atoms with Gasteiger partial charge in [-0.3, -0.25) is 42.7 Å². The molecule has 0 bridgehead atoms. The van der Waals surface area contributed by atoms with Gasteiger partial charge >= 0.3 is 237 Å². The predicted octanol–water partition coefficient (Wildman–Crippen LogP) is 30.6. The van der Waals surface area contributed by atoms with Crippen LogP contribution in [0, 0.1) is 6.92 Å². The van der Waals surface area contributed by atoms with Crippen molar-refractivity contribution in [2.45, 2.75) is 47.9 Å². The molecule has 0 radical (unpaired) electrons. The van der Waals surface area contributed by atoms with E-state index in [2.05, 4.69) is 166 Å². The monoisotopic (exact) mass is 2090 g/mol. The molecule has 686 valence electrons. The molecule has 0 saturated carbocycles. The number of ketones is 6. The van der Waals surface area contributed by atoms with Crippen LogP contribution in [0.4, 0.5) is 40.2 Å². The number of hydrogen-bond acceptors (Lipinski definition) is 16. The number of furan rings is 4. The van der Waals surface area contributed by atoms with Crippen molar-refractivity contribution in [2.75, 3.05) is 14.7 Å². The third kappa shape index (κ3) is 15.2. The van der Waals surface area contributed by atoms with E-state index in [1.54, 1.807) is 40.9 Å². The second-order valence-corrected chi connectivity index (χ2v) is 55.5. The zero-order valence-corrected chi connectivity index (χ0v) is 85.4. The maximum absolute atomic E-state index is 13.3. The number of aromatic nitrogens is 2. The first kappa shape index (κ1) is 91.0. The van der Waals surface area contributed by atoms with Gasteiger partial charge in [0.05, 0.1) is 78.1 Å². The van der Waals surface area contributed by atoms with Crippen LogP contribution in [-0.4, -0.2) is 75.2 Å². The number of allylic oxidation sites excluding steroid dienone is 3. The minimum absolute atomic E-state index is 0.00880. The predicted molar refractivity (Wildman–Crippen MR) is 581 cm³/mol. The summed E-state index contributed by atoms with van der Waals surface area (Å²) in [7, 11) is -1.46. The van der Waals surface area contributed by atoms with Gasteiger partial charge in [0.1, 0.15) is 17.3 Å². The molecule has 10 heterocycles. The van der Waals surface area contributed by atoms with E-state index in [1.165, 1.54) is 61.9 Å². The fourth-order valence-electron chi connectivity index (χ4n) is 19.5. The van der Waals surface area contributed by atoms with Gasteiger partial charge in [0, 0.05) is 71.9 Å². The molecule has 0 spiro atoms. The molecule has 0 N–H and O–H groups in total. The molecule has 1 amide bonds. The summed E-state index contributed by atoms with van der Waals surface area (Å²) >= 11 is 43.0. The number of thioether (sulfide) groups is 1. The number of hydrogen-bond donors (Lipinski definition) is 0. The van der Waals surface area contributed by atoms with Crippen molar-refractivity contribution in [1.82, 2.24) is 8.97 Å². The summed E-state index contributed by atoms with van der Waals surface area (Å²) in [6, 6.07) is 97.7. The molecule has 3 aliphatic carbocycles. The third-order valence-electron chi connectivity index (χ3n) is 26.3. The Labute approximate surface area is 852 Å². The van der Waals surface area contributed by atoms with Crippen LogP contribution in [0.15, 0.2) is 346 Å². The Morgan fingerprint density at radius 2 is 0.823 bits per heavy atom. The van der Waals surface area contributed by atoms with E-state index in [0.717, 1.165) is 103 Å². The number of carbonyl (C=O) groups excluding carboxylic acids is 7. The summed E-state index contributed by atoms with van der Waals surface area (Å²) in [5, 5.41) is 9.97. The van der Waals surface area contributed by atoms with Crippen molar-refractivity contribution in [3.05, 3.63) is 411 Å². The SMILES string of the molecule is Cc1ccc2c(c1)Sc1cc(C=C3C(=O)c4c(Cl)ccc(Cl)c4C3=O)oc1N2c1ccc([Si](C)(C)C)cc1.O=C1/C(=C/c2cc3c4cccc5c6ccccc6n(c3o2)c54)SC(=S)N1c1ccccc1.O=C1C(=Cc2cc3c4ccccc4n(-c4ccccc4)c3o2)C(=O)c2cc3ccccc3cc21.[CH3][Ge]1([CH3])[c]2ccccc2N(c2ccccc2)c2oc(C=C3C(=O)c4c(Cl)c(Cl)c(Cl)c(Cl)c4C3=O)c[c]21. The van der Waals surface area contributed by atoms with Gasteiger partial charge in [0.15, 0.2) is 27.5 Å². The zero-order valence-electron chi connectivity index (χ0n) is 75.3. The number of Topliss-reactive ketones (excluding diaryl/α,β-unsaturated/α-hetero) is 6. The average Bonchev–Trinajstić information content (AvgIpc) is 1.55. The Morgan fingerprint density at radius 3 is 1.43 bits per heavy atom. The number of carbonyl (C=O) groups is 7. The molecule has 0 unspecified atom stereocenters. The summed E-state index contributed by atoms with van der Waals surface area (Å²) in [5.74, 6) is 5.20. The fourth-order valence-corrected chi connectivity index (χ4v) is 30.6. The van der Waals surface area contributed by atoms with Gasteiger partial charge in [0.25, 0.3) is 5.91 Å². The van der Waals surface area contributed by atoms with Crippen LogP contribution < -0.4 is 28.7 Å². The van der Waals surface area contributed by atoms with Crippen LogP contribution in [0.3, 0.4) is 0 Å².